The van der Waals surface area contributed by atoms with Crippen LogP contribution in [0.1, 0.15) is 22.3 Å². The van der Waals surface area contributed by atoms with Crippen LogP contribution in [0, 0.1) is 0 Å². The number of rotatable bonds is 4. The Morgan fingerprint density at radius 3 is 1.64 bits per heavy atom. The highest BCUT2D eigenvalue weighted by Gasteiger charge is 2.50. The van der Waals surface area contributed by atoms with Gasteiger partial charge < -0.3 is 4.90 Å². The largest absolute Gasteiger partial charge is 0.310 e. The van der Waals surface area contributed by atoms with Crippen molar-refractivity contribution in [3.8, 4) is 22.3 Å². The van der Waals surface area contributed by atoms with Gasteiger partial charge in [0.15, 0.2) is 0 Å². The van der Waals surface area contributed by atoms with Gasteiger partial charge in [-0.15, -0.1) is 0 Å². The zero-order valence-corrected chi connectivity index (χ0v) is 23.0. The zero-order chi connectivity index (χ0) is 27.7. The molecule has 0 N–H and O–H groups in total. The Bertz CT molecular complexity index is 2090. The highest BCUT2D eigenvalue weighted by molar-refractivity contribution is 6.13. The van der Waals surface area contributed by atoms with Crippen LogP contribution in [-0.4, -0.2) is 0 Å². The molecule has 1 atom stereocenters. The molecule has 0 amide bonds. The van der Waals surface area contributed by atoms with E-state index in [-0.39, 0.29) is 5.41 Å². The zero-order valence-electron chi connectivity index (χ0n) is 23.0. The van der Waals surface area contributed by atoms with Crippen molar-refractivity contribution in [1.82, 2.24) is 0 Å². The molecule has 7 aromatic carbocycles. The minimum atomic E-state index is -0.390. The van der Waals surface area contributed by atoms with Gasteiger partial charge in [0.25, 0.3) is 0 Å². The fourth-order valence-corrected chi connectivity index (χ4v) is 7.71. The van der Waals surface area contributed by atoms with E-state index >= 15 is 0 Å². The normalized spacial score (nSPS) is 15.7. The van der Waals surface area contributed by atoms with Crippen LogP contribution in [0.15, 0.2) is 164 Å². The van der Waals surface area contributed by atoms with Crippen LogP contribution in [0.5, 0.6) is 0 Å². The molecule has 0 aliphatic heterocycles. The minimum absolute atomic E-state index is 0.390. The summed E-state index contributed by atoms with van der Waals surface area (Å²) in [5.41, 5.74) is 13.8. The fourth-order valence-electron chi connectivity index (χ4n) is 7.71. The Labute approximate surface area is 246 Å². The molecule has 9 rings (SSSR count). The fraction of sp³-hybridized carbons (Fsp3) is 0.0244. The Morgan fingerprint density at radius 1 is 0.381 bits per heavy atom. The van der Waals surface area contributed by atoms with E-state index in [9.17, 15) is 0 Å². The van der Waals surface area contributed by atoms with E-state index in [1.54, 1.807) is 0 Å². The first-order chi connectivity index (χ1) is 20.9. The topological polar surface area (TPSA) is 3.24 Å². The summed E-state index contributed by atoms with van der Waals surface area (Å²) >= 11 is 0. The van der Waals surface area contributed by atoms with Crippen molar-refractivity contribution in [2.75, 3.05) is 4.90 Å². The molecular formula is C41H27N. The molecule has 0 fully saturated rings. The Kier molecular flexibility index (Phi) is 4.88. The van der Waals surface area contributed by atoms with Crippen LogP contribution in [0.2, 0.25) is 0 Å². The molecule has 0 spiro atoms. The lowest BCUT2D eigenvalue weighted by molar-refractivity contribution is 0.773. The molecule has 42 heavy (non-hydrogen) atoms. The maximum atomic E-state index is 2.40. The summed E-state index contributed by atoms with van der Waals surface area (Å²) in [6, 6.07) is 60.1. The lowest BCUT2D eigenvalue weighted by Crippen LogP contribution is -2.31. The summed E-state index contributed by atoms with van der Waals surface area (Å²) < 4.78 is 0. The van der Waals surface area contributed by atoms with Crippen molar-refractivity contribution in [1.29, 1.82) is 0 Å². The van der Waals surface area contributed by atoms with Gasteiger partial charge in [0.05, 0.1) is 11.1 Å². The molecule has 196 valence electrons. The Hall–Kier alpha value is -5.40. The van der Waals surface area contributed by atoms with E-state index in [2.05, 4.69) is 169 Å². The van der Waals surface area contributed by atoms with Gasteiger partial charge in [-0.2, -0.15) is 0 Å². The summed E-state index contributed by atoms with van der Waals surface area (Å²) in [4.78, 5) is 2.40. The maximum Gasteiger partial charge on any atom is 0.0725 e. The SMILES string of the molecule is c1ccc(N(c2ccccc2)c2ccc3c4c(cccc24)C2(c4ccccc4)c4ccccc4-c4cccc-3c42)cc1. The molecule has 0 saturated carbocycles. The molecule has 1 nitrogen and oxygen atoms in total. The van der Waals surface area contributed by atoms with E-state index in [1.165, 1.54) is 61.0 Å². The minimum Gasteiger partial charge on any atom is -0.310 e. The number of hydrogen-bond donors (Lipinski definition) is 0. The molecular weight excluding hydrogens is 506 g/mol. The molecule has 0 radical (unpaired) electrons. The smallest absolute Gasteiger partial charge is 0.0725 e. The van der Waals surface area contributed by atoms with Crippen LogP contribution in [0.4, 0.5) is 17.1 Å². The van der Waals surface area contributed by atoms with Gasteiger partial charge in [-0.05, 0) is 80.2 Å². The highest BCUT2D eigenvalue weighted by Crippen LogP contribution is 2.63. The third kappa shape index (κ3) is 2.97. The quantitative estimate of drug-likeness (QED) is 0.217. The van der Waals surface area contributed by atoms with Gasteiger partial charge in [0.2, 0.25) is 0 Å². The molecule has 1 heteroatoms. The second-order valence-corrected chi connectivity index (χ2v) is 11.3. The van der Waals surface area contributed by atoms with E-state index in [0.717, 1.165) is 11.4 Å². The first kappa shape index (κ1) is 23.3. The predicted molar refractivity (Wildman–Crippen MR) is 175 cm³/mol. The van der Waals surface area contributed by atoms with Crippen molar-refractivity contribution in [3.63, 3.8) is 0 Å². The lowest BCUT2D eigenvalue weighted by atomic mass is 9.62. The van der Waals surface area contributed by atoms with E-state index in [0.29, 0.717) is 0 Å². The predicted octanol–water partition coefficient (Wildman–Crippen LogP) is 10.7. The molecule has 0 bridgehead atoms. The second kappa shape index (κ2) is 8.80. The summed E-state index contributed by atoms with van der Waals surface area (Å²) in [5, 5.41) is 2.59. The third-order valence-corrected chi connectivity index (χ3v) is 9.25. The number of anilines is 3. The first-order valence-corrected chi connectivity index (χ1v) is 14.6. The monoisotopic (exact) mass is 533 g/mol. The van der Waals surface area contributed by atoms with Crippen LogP contribution in [0.3, 0.4) is 0 Å². The number of hydrogen-bond acceptors (Lipinski definition) is 1. The van der Waals surface area contributed by atoms with Gasteiger partial charge in [-0.25, -0.2) is 0 Å². The van der Waals surface area contributed by atoms with Gasteiger partial charge in [-0.1, -0.05) is 133 Å². The van der Waals surface area contributed by atoms with Crippen LogP contribution in [-0.2, 0) is 5.41 Å². The van der Waals surface area contributed by atoms with Gasteiger partial charge in [-0.3, -0.25) is 0 Å². The lowest BCUT2D eigenvalue weighted by Gasteiger charge is -2.40. The van der Waals surface area contributed by atoms with Crippen LogP contribution in [0.25, 0.3) is 33.0 Å². The van der Waals surface area contributed by atoms with Crippen molar-refractivity contribution >= 4 is 27.8 Å². The number of benzene rings is 7. The van der Waals surface area contributed by atoms with Crippen LogP contribution >= 0.6 is 0 Å². The van der Waals surface area contributed by atoms with Gasteiger partial charge in [0.1, 0.15) is 0 Å². The maximum absolute atomic E-state index is 2.40. The van der Waals surface area contributed by atoms with Crippen molar-refractivity contribution in [3.05, 3.63) is 186 Å². The van der Waals surface area contributed by atoms with Crippen molar-refractivity contribution in [2.24, 2.45) is 0 Å². The van der Waals surface area contributed by atoms with Crippen molar-refractivity contribution in [2.45, 2.75) is 5.41 Å². The van der Waals surface area contributed by atoms with Crippen molar-refractivity contribution < 1.29 is 0 Å². The molecule has 2 aliphatic carbocycles. The molecule has 7 aromatic rings. The summed E-state index contributed by atoms with van der Waals surface area (Å²) in [6.45, 7) is 0. The molecule has 1 unspecified atom stereocenters. The molecule has 2 aliphatic rings. The van der Waals surface area contributed by atoms with E-state index in [1.807, 2.05) is 0 Å². The van der Waals surface area contributed by atoms with E-state index in [4.69, 9.17) is 0 Å². The van der Waals surface area contributed by atoms with E-state index < -0.39 is 0 Å². The number of nitrogens with zero attached hydrogens (tertiary/aromatic N) is 1. The van der Waals surface area contributed by atoms with Gasteiger partial charge in [0, 0.05) is 16.8 Å². The standard InChI is InChI=1S/C41H27N/c1-4-14-28(15-5-1)41-36-24-11-10-20-31(36)33-21-12-22-34(40(33)41)32-26-27-38(35-23-13-25-37(41)39(32)35)42(29-16-6-2-7-17-29)30-18-8-3-9-19-30/h1-27H. The van der Waals surface area contributed by atoms with Gasteiger partial charge >= 0.3 is 0 Å². The number of para-hydroxylation sites is 2. The Morgan fingerprint density at radius 2 is 0.929 bits per heavy atom. The third-order valence-electron chi connectivity index (χ3n) is 9.25. The summed E-state index contributed by atoms with van der Waals surface area (Å²) in [5.74, 6) is 0. The summed E-state index contributed by atoms with van der Waals surface area (Å²) in [7, 11) is 0. The van der Waals surface area contributed by atoms with Crippen LogP contribution < -0.4 is 4.90 Å². The average Bonchev–Trinajstić information content (AvgIpc) is 3.38. The molecule has 0 heterocycles. The highest BCUT2D eigenvalue weighted by atomic mass is 15.1. The Balaban J connectivity index is 1.44. The molecule has 0 saturated heterocycles. The number of fused-ring (bicyclic) bond motifs is 5. The second-order valence-electron chi connectivity index (χ2n) is 11.3. The summed E-state index contributed by atoms with van der Waals surface area (Å²) in [6.07, 6.45) is 0. The first-order valence-electron chi connectivity index (χ1n) is 14.6. The average molecular weight is 534 g/mol. The molecule has 0 aromatic heterocycles.